The molecule has 0 aliphatic rings. The Labute approximate surface area is 121 Å². The third-order valence-corrected chi connectivity index (χ3v) is 4.18. The highest BCUT2D eigenvalue weighted by Gasteiger charge is 2.15. The van der Waals surface area contributed by atoms with Crippen molar-refractivity contribution in [2.45, 2.75) is 11.4 Å². The standard InChI is InChI=1S/C10H13ClN6O2S/c1-12-10-9(11)6-8(7-13-10)20(18,19)15-3-5-17-4-2-14-16-17/h2,4,6-7,15H,3,5H2,1H3,(H,12,13). The molecule has 10 heteroatoms. The summed E-state index contributed by atoms with van der Waals surface area (Å²) in [7, 11) is -2.00. The van der Waals surface area contributed by atoms with Crippen molar-refractivity contribution in [3.63, 3.8) is 0 Å². The third-order valence-electron chi connectivity index (χ3n) is 2.47. The fourth-order valence-electron chi connectivity index (χ4n) is 1.48. The van der Waals surface area contributed by atoms with Crippen molar-refractivity contribution in [3.05, 3.63) is 29.7 Å². The van der Waals surface area contributed by atoms with Gasteiger partial charge in [-0.1, -0.05) is 16.8 Å². The fourth-order valence-corrected chi connectivity index (χ4v) is 2.80. The van der Waals surface area contributed by atoms with Gasteiger partial charge in [-0.3, -0.25) is 4.68 Å². The number of halogens is 1. The second-order valence-corrected chi connectivity index (χ2v) is 5.99. The summed E-state index contributed by atoms with van der Waals surface area (Å²) >= 11 is 5.91. The molecule has 0 saturated heterocycles. The van der Waals surface area contributed by atoms with Gasteiger partial charge in [-0.15, -0.1) is 5.10 Å². The first kappa shape index (κ1) is 14.7. The van der Waals surface area contributed by atoms with E-state index in [1.807, 2.05) is 0 Å². The zero-order valence-corrected chi connectivity index (χ0v) is 12.2. The lowest BCUT2D eigenvalue weighted by Crippen LogP contribution is -2.27. The zero-order chi connectivity index (χ0) is 14.6. The molecule has 0 saturated carbocycles. The molecule has 2 N–H and O–H groups in total. The molecule has 2 rings (SSSR count). The molecule has 2 aromatic rings. The third kappa shape index (κ3) is 3.44. The van der Waals surface area contributed by atoms with E-state index in [9.17, 15) is 8.42 Å². The summed E-state index contributed by atoms with van der Waals surface area (Å²) in [6.07, 6.45) is 4.42. The Bertz CT molecular complexity index is 673. The predicted molar refractivity (Wildman–Crippen MR) is 74.0 cm³/mol. The SMILES string of the molecule is CNc1ncc(S(=O)(=O)NCCn2ccnn2)cc1Cl. The van der Waals surface area contributed by atoms with Crippen LogP contribution in [0, 0.1) is 0 Å². The van der Waals surface area contributed by atoms with Crippen LogP contribution in [0.25, 0.3) is 0 Å². The van der Waals surface area contributed by atoms with E-state index in [4.69, 9.17) is 11.6 Å². The first-order valence-electron chi connectivity index (χ1n) is 5.70. The molecule has 0 amide bonds. The van der Waals surface area contributed by atoms with Crippen LogP contribution in [0.5, 0.6) is 0 Å². The van der Waals surface area contributed by atoms with Crippen molar-refractivity contribution in [2.24, 2.45) is 0 Å². The number of pyridine rings is 1. The van der Waals surface area contributed by atoms with Gasteiger partial charge < -0.3 is 5.32 Å². The van der Waals surface area contributed by atoms with Crippen molar-refractivity contribution >= 4 is 27.4 Å². The molecule has 0 unspecified atom stereocenters. The Hall–Kier alpha value is -1.71. The lowest BCUT2D eigenvalue weighted by molar-refractivity contribution is 0.552. The van der Waals surface area contributed by atoms with Crippen LogP contribution in [0.15, 0.2) is 29.6 Å². The summed E-state index contributed by atoms with van der Waals surface area (Å²) in [5.74, 6) is 0.424. The van der Waals surface area contributed by atoms with Gasteiger partial charge in [-0.2, -0.15) is 0 Å². The number of aromatic nitrogens is 4. The van der Waals surface area contributed by atoms with Crippen LogP contribution in [0.4, 0.5) is 5.82 Å². The quantitative estimate of drug-likeness (QED) is 0.797. The van der Waals surface area contributed by atoms with Crippen molar-refractivity contribution in [2.75, 3.05) is 18.9 Å². The number of nitrogens with zero attached hydrogens (tertiary/aromatic N) is 4. The number of sulfonamides is 1. The predicted octanol–water partition coefficient (Wildman–Crippen LogP) is 0.347. The van der Waals surface area contributed by atoms with Gasteiger partial charge in [0.2, 0.25) is 10.0 Å². The smallest absolute Gasteiger partial charge is 0.242 e. The molecule has 0 aliphatic heterocycles. The van der Waals surface area contributed by atoms with Crippen LogP contribution in [0.1, 0.15) is 0 Å². The summed E-state index contributed by atoms with van der Waals surface area (Å²) < 4.78 is 28.0. The average Bonchev–Trinajstić information content (AvgIpc) is 2.91. The molecule has 0 radical (unpaired) electrons. The molecule has 0 atom stereocenters. The van der Waals surface area contributed by atoms with E-state index >= 15 is 0 Å². The van der Waals surface area contributed by atoms with E-state index < -0.39 is 10.0 Å². The highest BCUT2D eigenvalue weighted by molar-refractivity contribution is 7.89. The van der Waals surface area contributed by atoms with Gasteiger partial charge in [0, 0.05) is 26.0 Å². The molecular formula is C10H13ClN6O2S. The maximum absolute atomic E-state index is 12.0. The number of anilines is 1. The summed E-state index contributed by atoms with van der Waals surface area (Å²) in [6.45, 7) is 0.575. The van der Waals surface area contributed by atoms with Crippen LogP contribution in [0.2, 0.25) is 5.02 Å². The van der Waals surface area contributed by atoms with Gasteiger partial charge in [-0.25, -0.2) is 18.1 Å². The Balaban J connectivity index is 2.04. The summed E-state index contributed by atoms with van der Waals surface area (Å²) in [4.78, 5) is 3.95. The van der Waals surface area contributed by atoms with Gasteiger partial charge in [0.05, 0.1) is 17.8 Å². The summed E-state index contributed by atoms with van der Waals surface area (Å²) in [5.41, 5.74) is 0. The molecule has 20 heavy (non-hydrogen) atoms. The summed E-state index contributed by atoms with van der Waals surface area (Å²) in [5, 5.41) is 10.4. The minimum absolute atomic E-state index is 0.0140. The number of rotatable bonds is 6. The molecule has 0 aliphatic carbocycles. The maximum atomic E-state index is 12.0. The van der Waals surface area contributed by atoms with E-state index in [2.05, 4.69) is 25.3 Å². The summed E-state index contributed by atoms with van der Waals surface area (Å²) in [6, 6.07) is 1.35. The van der Waals surface area contributed by atoms with E-state index in [0.29, 0.717) is 12.4 Å². The van der Waals surface area contributed by atoms with Crippen LogP contribution in [0.3, 0.4) is 0 Å². The Morgan fingerprint density at radius 3 is 2.85 bits per heavy atom. The number of hydrogen-bond donors (Lipinski definition) is 2. The van der Waals surface area contributed by atoms with Crippen molar-refractivity contribution < 1.29 is 8.42 Å². The Morgan fingerprint density at radius 1 is 1.45 bits per heavy atom. The van der Waals surface area contributed by atoms with Crippen LogP contribution in [-0.4, -0.2) is 42.0 Å². The number of hydrogen-bond acceptors (Lipinski definition) is 6. The molecule has 108 valence electrons. The van der Waals surface area contributed by atoms with Crippen molar-refractivity contribution in [1.29, 1.82) is 0 Å². The van der Waals surface area contributed by atoms with Crippen LogP contribution >= 0.6 is 11.6 Å². The molecule has 0 aromatic carbocycles. The maximum Gasteiger partial charge on any atom is 0.242 e. The average molecular weight is 317 g/mol. The van der Waals surface area contributed by atoms with Crippen LogP contribution < -0.4 is 10.0 Å². The largest absolute Gasteiger partial charge is 0.372 e. The van der Waals surface area contributed by atoms with E-state index in [1.165, 1.54) is 23.1 Å². The first-order chi connectivity index (χ1) is 9.53. The lowest BCUT2D eigenvalue weighted by atomic mass is 10.4. The molecule has 8 nitrogen and oxygen atoms in total. The normalized spacial score (nSPS) is 11.5. The molecule has 0 fully saturated rings. The molecule has 2 aromatic heterocycles. The zero-order valence-electron chi connectivity index (χ0n) is 10.6. The topological polar surface area (TPSA) is 102 Å². The molecular weight excluding hydrogens is 304 g/mol. The Kier molecular flexibility index (Phi) is 4.53. The minimum atomic E-state index is -3.65. The van der Waals surface area contributed by atoms with Gasteiger partial charge in [0.25, 0.3) is 0 Å². The number of nitrogens with one attached hydrogen (secondary N) is 2. The van der Waals surface area contributed by atoms with Gasteiger partial charge in [0.1, 0.15) is 10.7 Å². The highest BCUT2D eigenvalue weighted by Crippen LogP contribution is 2.21. The Morgan fingerprint density at radius 2 is 2.25 bits per heavy atom. The molecule has 0 spiro atoms. The lowest BCUT2D eigenvalue weighted by Gasteiger charge is -2.08. The monoisotopic (exact) mass is 316 g/mol. The highest BCUT2D eigenvalue weighted by atomic mass is 35.5. The minimum Gasteiger partial charge on any atom is -0.372 e. The van der Waals surface area contributed by atoms with E-state index in [1.54, 1.807) is 13.2 Å². The van der Waals surface area contributed by atoms with E-state index in [-0.39, 0.29) is 16.5 Å². The second-order valence-electron chi connectivity index (χ2n) is 3.82. The fraction of sp³-hybridized carbons (Fsp3) is 0.300. The van der Waals surface area contributed by atoms with Gasteiger partial charge in [-0.05, 0) is 6.07 Å². The van der Waals surface area contributed by atoms with Gasteiger partial charge >= 0.3 is 0 Å². The van der Waals surface area contributed by atoms with Crippen molar-refractivity contribution in [1.82, 2.24) is 24.7 Å². The van der Waals surface area contributed by atoms with Gasteiger partial charge in [0.15, 0.2) is 0 Å². The van der Waals surface area contributed by atoms with E-state index in [0.717, 1.165) is 0 Å². The second kappa shape index (κ2) is 6.16. The molecule has 0 bridgehead atoms. The molecule has 2 heterocycles. The van der Waals surface area contributed by atoms with Crippen LogP contribution in [-0.2, 0) is 16.6 Å². The first-order valence-corrected chi connectivity index (χ1v) is 7.56. The van der Waals surface area contributed by atoms with Crippen molar-refractivity contribution in [3.8, 4) is 0 Å².